The molecule has 2 amide bonds. The molecule has 0 saturated heterocycles. The van der Waals surface area contributed by atoms with Gasteiger partial charge < -0.3 is 15.0 Å². The van der Waals surface area contributed by atoms with Crippen LogP contribution in [-0.2, 0) is 16.1 Å². The number of nitrogens with one attached hydrogen (secondary N) is 1. The van der Waals surface area contributed by atoms with Crippen molar-refractivity contribution in [1.29, 1.82) is 0 Å². The van der Waals surface area contributed by atoms with Crippen molar-refractivity contribution in [3.63, 3.8) is 0 Å². The zero-order valence-electron chi connectivity index (χ0n) is 16.8. The topological polar surface area (TPSA) is 58.6 Å². The van der Waals surface area contributed by atoms with Crippen molar-refractivity contribution in [1.82, 2.24) is 10.2 Å². The number of para-hydroxylation sites is 1. The lowest BCUT2D eigenvalue weighted by molar-refractivity contribution is -0.142. The second-order valence-corrected chi connectivity index (χ2v) is 8.19. The first-order valence-electron chi connectivity index (χ1n) is 9.53. The molecule has 0 aliphatic rings. The molecule has 0 spiro atoms. The van der Waals surface area contributed by atoms with Crippen LogP contribution in [0, 0.1) is 0 Å². The van der Waals surface area contributed by atoms with Gasteiger partial charge in [0.1, 0.15) is 11.8 Å². The number of ether oxygens (including phenoxy) is 1. The molecule has 0 aliphatic carbocycles. The second kappa shape index (κ2) is 11.2. The first-order chi connectivity index (χ1) is 13.8. The third-order valence-corrected chi connectivity index (χ3v) is 5.40. The Balaban J connectivity index is 2.17. The Labute approximate surface area is 185 Å². The Morgan fingerprint density at radius 3 is 2.55 bits per heavy atom. The minimum Gasteiger partial charge on any atom is -0.482 e. The van der Waals surface area contributed by atoms with E-state index in [1.54, 1.807) is 31.2 Å². The predicted molar refractivity (Wildman–Crippen MR) is 119 cm³/mol. The van der Waals surface area contributed by atoms with Gasteiger partial charge in [0.25, 0.3) is 5.91 Å². The molecule has 7 heteroatoms. The highest BCUT2D eigenvalue weighted by atomic mass is 79.9. The first-order valence-corrected chi connectivity index (χ1v) is 10.7. The van der Waals surface area contributed by atoms with E-state index in [0.717, 1.165) is 16.5 Å². The summed E-state index contributed by atoms with van der Waals surface area (Å²) in [6.07, 6.45) is 0.813. The van der Waals surface area contributed by atoms with Gasteiger partial charge in [0.2, 0.25) is 5.91 Å². The third kappa shape index (κ3) is 7.05. The molecule has 0 fully saturated rings. The molecule has 156 valence electrons. The number of hydrogen-bond acceptors (Lipinski definition) is 3. The standard InChI is InChI=1S/C22H26BrClN2O3/c1-4-15(2)25-22(28)16(3)26(13-17-8-7-9-18(23)12-17)21(27)14-29-20-11-6-5-10-19(20)24/h5-12,15-16H,4,13-14H2,1-3H3,(H,25,28). The SMILES string of the molecule is CCC(C)NC(=O)C(C)N(Cc1cccc(Br)c1)C(=O)COc1ccccc1Cl. The fourth-order valence-corrected chi connectivity index (χ4v) is 3.30. The van der Waals surface area contributed by atoms with Crippen molar-refractivity contribution < 1.29 is 14.3 Å². The maximum atomic E-state index is 13.0. The minimum absolute atomic E-state index is 0.0344. The molecular formula is C22H26BrClN2O3. The van der Waals surface area contributed by atoms with E-state index in [0.29, 0.717) is 17.3 Å². The monoisotopic (exact) mass is 480 g/mol. The molecule has 5 nitrogen and oxygen atoms in total. The van der Waals surface area contributed by atoms with E-state index >= 15 is 0 Å². The van der Waals surface area contributed by atoms with Crippen LogP contribution in [-0.4, -0.2) is 35.4 Å². The summed E-state index contributed by atoms with van der Waals surface area (Å²) in [6, 6.07) is 14.0. The van der Waals surface area contributed by atoms with Gasteiger partial charge in [-0.05, 0) is 50.1 Å². The summed E-state index contributed by atoms with van der Waals surface area (Å²) in [5, 5.41) is 3.37. The van der Waals surface area contributed by atoms with Crippen LogP contribution in [0.15, 0.2) is 53.0 Å². The average molecular weight is 482 g/mol. The van der Waals surface area contributed by atoms with Crippen LogP contribution in [0.4, 0.5) is 0 Å². The van der Waals surface area contributed by atoms with Crippen molar-refractivity contribution in [2.45, 2.75) is 45.8 Å². The summed E-state index contributed by atoms with van der Waals surface area (Å²) in [6.45, 7) is 5.74. The molecule has 2 aromatic rings. The van der Waals surface area contributed by atoms with Crippen molar-refractivity contribution in [2.75, 3.05) is 6.61 Å². The van der Waals surface area contributed by atoms with E-state index in [2.05, 4.69) is 21.2 Å². The highest BCUT2D eigenvalue weighted by Crippen LogP contribution is 2.23. The lowest BCUT2D eigenvalue weighted by atomic mass is 10.1. The van der Waals surface area contributed by atoms with Gasteiger partial charge in [-0.25, -0.2) is 0 Å². The van der Waals surface area contributed by atoms with Crippen LogP contribution < -0.4 is 10.1 Å². The summed E-state index contributed by atoms with van der Waals surface area (Å²) in [5.41, 5.74) is 0.911. The van der Waals surface area contributed by atoms with Crippen LogP contribution in [0.1, 0.15) is 32.8 Å². The molecule has 29 heavy (non-hydrogen) atoms. The molecule has 0 saturated carbocycles. The van der Waals surface area contributed by atoms with E-state index < -0.39 is 6.04 Å². The lowest BCUT2D eigenvalue weighted by Crippen LogP contribution is -2.50. The van der Waals surface area contributed by atoms with Gasteiger partial charge in [-0.1, -0.05) is 58.7 Å². The molecule has 0 aromatic heterocycles. The molecule has 1 N–H and O–H groups in total. The van der Waals surface area contributed by atoms with Crippen molar-refractivity contribution >= 4 is 39.3 Å². The van der Waals surface area contributed by atoms with Crippen LogP contribution in [0.3, 0.4) is 0 Å². The minimum atomic E-state index is -0.648. The summed E-state index contributed by atoms with van der Waals surface area (Å²) in [7, 11) is 0. The number of carbonyl (C=O) groups excluding carboxylic acids is 2. The number of rotatable bonds is 9. The van der Waals surface area contributed by atoms with Gasteiger partial charge in [0.05, 0.1) is 5.02 Å². The number of nitrogens with zero attached hydrogens (tertiary/aromatic N) is 1. The van der Waals surface area contributed by atoms with Gasteiger partial charge in [-0.3, -0.25) is 9.59 Å². The first kappa shape index (κ1) is 23.2. The molecule has 2 aromatic carbocycles. The van der Waals surface area contributed by atoms with Gasteiger partial charge in [-0.15, -0.1) is 0 Å². The summed E-state index contributed by atoms with van der Waals surface area (Å²) in [4.78, 5) is 27.2. The molecule has 0 aliphatic heterocycles. The van der Waals surface area contributed by atoms with Gasteiger partial charge >= 0.3 is 0 Å². The predicted octanol–water partition coefficient (Wildman–Crippen LogP) is 4.81. The number of amides is 2. The number of hydrogen-bond donors (Lipinski definition) is 1. The number of halogens is 2. The molecule has 0 heterocycles. The zero-order valence-corrected chi connectivity index (χ0v) is 19.2. The largest absolute Gasteiger partial charge is 0.482 e. The summed E-state index contributed by atoms with van der Waals surface area (Å²) in [5.74, 6) is -0.0567. The highest BCUT2D eigenvalue weighted by molar-refractivity contribution is 9.10. The van der Waals surface area contributed by atoms with Crippen LogP contribution in [0.2, 0.25) is 5.02 Å². The quantitative estimate of drug-likeness (QED) is 0.559. The van der Waals surface area contributed by atoms with E-state index in [1.807, 2.05) is 38.1 Å². The summed E-state index contributed by atoms with van der Waals surface area (Å²) >= 11 is 9.55. The Morgan fingerprint density at radius 2 is 1.90 bits per heavy atom. The Hall–Kier alpha value is -2.05. The fraction of sp³-hybridized carbons (Fsp3) is 0.364. The van der Waals surface area contributed by atoms with Crippen LogP contribution in [0.25, 0.3) is 0 Å². The van der Waals surface area contributed by atoms with Crippen LogP contribution in [0.5, 0.6) is 5.75 Å². The Bertz CT molecular complexity index is 846. The molecular weight excluding hydrogens is 456 g/mol. The molecule has 2 unspecified atom stereocenters. The maximum absolute atomic E-state index is 13.0. The van der Waals surface area contributed by atoms with E-state index in [9.17, 15) is 9.59 Å². The smallest absolute Gasteiger partial charge is 0.261 e. The highest BCUT2D eigenvalue weighted by Gasteiger charge is 2.27. The Kier molecular flexibility index (Phi) is 8.99. The second-order valence-electron chi connectivity index (χ2n) is 6.86. The summed E-state index contributed by atoms with van der Waals surface area (Å²) < 4.78 is 6.52. The fourth-order valence-electron chi connectivity index (χ4n) is 2.66. The third-order valence-electron chi connectivity index (χ3n) is 4.60. The van der Waals surface area contributed by atoms with Gasteiger partial charge in [-0.2, -0.15) is 0 Å². The molecule has 2 atom stereocenters. The zero-order chi connectivity index (χ0) is 21.4. The van der Waals surface area contributed by atoms with Crippen LogP contribution >= 0.6 is 27.5 Å². The van der Waals surface area contributed by atoms with E-state index in [1.165, 1.54) is 4.90 Å². The normalized spacial score (nSPS) is 12.7. The van der Waals surface area contributed by atoms with E-state index in [4.69, 9.17) is 16.3 Å². The molecule has 0 bridgehead atoms. The lowest BCUT2D eigenvalue weighted by Gasteiger charge is -2.29. The van der Waals surface area contributed by atoms with Crippen molar-refractivity contribution in [3.05, 3.63) is 63.6 Å². The number of carbonyl (C=O) groups is 2. The van der Waals surface area contributed by atoms with E-state index in [-0.39, 0.29) is 24.5 Å². The molecule has 2 rings (SSSR count). The van der Waals surface area contributed by atoms with Gasteiger partial charge in [0.15, 0.2) is 6.61 Å². The maximum Gasteiger partial charge on any atom is 0.261 e. The Morgan fingerprint density at radius 1 is 1.17 bits per heavy atom. The van der Waals surface area contributed by atoms with Crippen molar-refractivity contribution in [2.24, 2.45) is 0 Å². The number of benzene rings is 2. The van der Waals surface area contributed by atoms with Crippen molar-refractivity contribution in [3.8, 4) is 5.75 Å². The molecule has 0 radical (unpaired) electrons. The average Bonchev–Trinajstić information content (AvgIpc) is 2.70. The van der Waals surface area contributed by atoms with Gasteiger partial charge in [0, 0.05) is 17.1 Å².